The van der Waals surface area contributed by atoms with E-state index in [-0.39, 0.29) is 28.0 Å². The summed E-state index contributed by atoms with van der Waals surface area (Å²) >= 11 is 0. The normalized spacial score (nSPS) is 11.5. The van der Waals surface area contributed by atoms with Crippen LogP contribution in [0.5, 0.6) is 11.5 Å². The molecule has 50 heavy (non-hydrogen) atoms. The fraction of sp³-hybridized carbons (Fsp3) is 0.0526. The van der Waals surface area contributed by atoms with Crippen molar-refractivity contribution in [3.05, 3.63) is 164 Å². The fourth-order valence-corrected chi connectivity index (χ4v) is 4.84. The number of nitrogens with one attached hydrogen (secondary N) is 2. The second-order valence-corrected chi connectivity index (χ2v) is 10.6. The van der Waals surface area contributed by atoms with Crippen LogP contribution in [0.1, 0.15) is 31.8 Å². The van der Waals surface area contributed by atoms with Gasteiger partial charge in [-0.1, -0.05) is 48.5 Å². The van der Waals surface area contributed by atoms with Gasteiger partial charge < -0.3 is 19.4 Å². The molecular formula is C38H26F4N2O6. The summed E-state index contributed by atoms with van der Waals surface area (Å²) < 4.78 is 59.6. The molecule has 0 aliphatic rings. The lowest BCUT2D eigenvalue weighted by Crippen LogP contribution is -2.18. The first-order chi connectivity index (χ1) is 23.9. The molecule has 252 valence electrons. The van der Waals surface area contributed by atoms with Crippen molar-refractivity contribution in [2.75, 3.05) is 7.11 Å². The average molecular weight is 683 g/mol. The number of aromatic nitrogens is 2. The number of pyridine rings is 2. The first-order valence-electron chi connectivity index (χ1n) is 14.8. The molecule has 6 rings (SSSR count). The number of rotatable bonds is 8. The third-order valence-corrected chi connectivity index (χ3v) is 7.20. The Hall–Kier alpha value is -6.56. The molecule has 0 bridgehead atoms. The topological polar surface area (TPSA) is 118 Å². The number of fused-ring (bicyclic) bond motifs is 2. The molecule has 0 amide bonds. The van der Waals surface area contributed by atoms with Crippen molar-refractivity contribution in [3.8, 4) is 11.5 Å². The van der Waals surface area contributed by atoms with Crippen molar-refractivity contribution in [2.24, 2.45) is 0 Å². The molecule has 0 unspecified atom stereocenters. The highest BCUT2D eigenvalue weighted by Gasteiger charge is 2.32. The summed E-state index contributed by atoms with van der Waals surface area (Å²) in [6, 6.07) is 26.5. The predicted molar refractivity (Wildman–Crippen MR) is 182 cm³/mol. The van der Waals surface area contributed by atoms with Crippen molar-refractivity contribution in [1.29, 1.82) is 0 Å². The van der Waals surface area contributed by atoms with E-state index in [2.05, 4.69) is 14.7 Å². The number of allylic oxidation sites excluding steroid dienone is 2. The molecule has 8 nitrogen and oxygen atoms in total. The second kappa shape index (κ2) is 15.1. The molecule has 12 heteroatoms. The van der Waals surface area contributed by atoms with Gasteiger partial charge in [0.25, 0.3) is 11.1 Å². The number of para-hydroxylation sites is 3. The van der Waals surface area contributed by atoms with E-state index in [1.165, 1.54) is 55.7 Å². The summed E-state index contributed by atoms with van der Waals surface area (Å²) in [4.78, 5) is 54.1. The number of ether oxygens (including phenoxy) is 2. The zero-order valence-corrected chi connectivity index (χ0v) is 26.1. The van der Waals surface area contributed by atoms with Crippen LogP contribution in [0, 0.1) is 5.82 Å². The molecule has 2 N–H and O–H groups in total. The van der Waals surface area contributed by atoms with Gasteiger partial charge >= 0.3 is 6.36 Å². The number of hydrogen-bond acceptors (Lipinski definition) is 6. The van der Waals surface area contributed by atoms with E-state index in [1.54, 1.807) is 42.5 Å². The van der Waals surface area contributed by atoms with E-state index >= 15 is 0 Å². The molecule has 0 aliphatic carbocycles. The Labute approximate surface area is 280 Å². The van der Waals surface area contributed by atoms with Gasteiger partial charge in [0.15, 0.2) is 11.6 Å². The molecule has 0 saturated heterocycles. The monoisotopic (exact) mass is 682 g/mol. The minimum atomic E-state index is -4.91. The number of aromatic amines is 2. The van der Waals surface area contributed by atoms with E-state index in [0.29, 0.717) is 11.1 Å². The summed E-state index contributed by atoms with van der Waals surface area (Å²) in [6.07, 6.45) is 0.0417. The van der Waals surface area contributed by atoms with Gasteiger partial charge in [-0.05, 0) is 89.7 Å². The van der Waals surface area contributed by atoms with E-state index in [1.807, 2.05) is 18.2 Å². The van der Waals surface area contributed by atoms with Gasteiger partial charge in [0.1, 0.15) is 17.3 Å². The molecule has 2 aromatic heterocycles. The quantitative estimate of drug-likeness (QED) is 0.0958. The zero-order valence-electron chi connectivity index (χ0n) is 26.1. The van der Waals surface area contributed by atoms with Crippen LogP contribution in [0.25, 0.3) is 34.0 Å². The molecule has 0 radical (unpaired) electrons. The van der Waals surface area contributed by atoms with Crippen molar-refractivity contribution >= 4 is 45.5 Å². The summed E-state index contributed by atoms with van der Waals surface area (Å²) in [5.41, 5.74) is 1.06. The Kier molecular flexibility index (Phi) is 10.5. The van der Waals surface area contributed by atoms with Crippen molar-refractivity contribution in [1.82, 2.24) is 9.97 Å². The third kappa shape index (κ3) is 8.66. The van der Waals surface area contributed by atoms with Crippen LogP contribution in [-0.2, 0) is 0 Å². The Morgan fingerprint density at radius 1 is 0.640 bits per heavy atom. The lowest BCUT2D eigenvalue weighted by Gasteiger charge is -2.11. The van der Waals surface area contributed by atoms with E-state index < -0.39 is 35.1 Å². The summed E-state index contributed by atoms with van der Waals surface area (Å²) in [6.45, 7) is 0. The minimum absolute atomic E-state index is 0.103. The zero-order chi connectivity index (χ0) is 35.8. The molecule has 0 spiro atoms. The summed E-state index contributed by atoms with van der Waals surface area (Å²) in [5.74, 6) is -2.01. The van der Waals surface area contributed by atoms with Crippen LogP contribution in [-0.4, -0.2) is 35.0 Å². The number of carbonyl (C=O) groups excluding carboxylic acids is 2. The number of benzene rings is 4. The van der Waals surface area contributed by atoms with Crippen LogP contribution < -0.4 is 20.6 Å². The number of halogens is 4. The first-order valence-corrected chi connectivity index (χ1v) is 14.8. The predicted octanol–water partition coefficient (Wildman–Crippen LogP) is 7.89. The fourth-order valence-electron chi connectivity index (χ4n) is 4.84. The van der Waals surface area contributed by atoms with Crippen LogP contribution >= 0.6 is 0 Å². The van der Waals surface area contributed by atoms with E-state index in [0.717, 1.165) is 34.5 Å². The molecule has 4 aromatic carbocycles. The number of carbonyl (C=O) groups is 2. The second-order valence-electron chi connectivity index (χ2n) is 10.6. The lowest BCUT2D eigenvalue weighted by atomic mass is 10.1. The maximum atomic E-state index is 13.4. The smallest absolute Gasteiger partial charge is 0.496 e. The summed E-state index contributed by atoms with van der Waals surface area (Å²) in [7, 11) is 1.40. The largest absolute Gasteiger partial charge is 0.573 e. The number of ketones is 2. The molecule has 6 aromatic rings. The van der Waals surface area contributed by atoms with Gasteiger partial charge in [-0.25, -0.2) is 4.39 Å². The molecule has 0 atom stereocenters. The Morgan fingerprint density at radius 2 is 1.14 bits per heavy atom. The first kappa shape index (κ1) is 34.8. The Morgan fingerprint density at radius 3 is 1.68 bits per heavy atom. The van der Waals surface area contributed by atoms with E-state index in [9.17, 15) is 36.7 Å². The standard InChI is InChI=1S/C19H12F3NO3.C19H14FNO3/c20-19(21,22)26-17-8-4-2-6-14(17)16(24)10-9-13-11-12-5-1-3-7-15(12)23-18(13)25;1-24-18-9-7-14(20)11-15(18)17(22)8-6-13-10-12-4-2-3-5-16(12)21-19(13)23/h1-11H,(H,23,25);2-11H,1H3,(H,21,23)/b10-9+;8-6+. The Bertz CT molecular complexity index is 2390. The average Bonchev–Trinajstić information content (AvgIpc) is 3.09. The SMILES string of the molecule is COc1ccc(F)cc1C(=O)/C=C/c1cc2ccccc2[nH]c1=O.O=C(/C=C/c1cc2ccccc2[nH]c1=O)c1ccccc1OC(F)(F)F. The van der Waals surface area contributed by atoms with Gasteiger partial charge in [-0.15, -0.1) is 13.2 Å². The highest BCUT2D eigenvalue weighted by Crippen LogP contribution is 2.27. The van der Waals surface area contributed by atoms with Crippen molar-refractivity contribution < 1.29 is 36.6 Å². The molecule has 0 aliphatic heterocycles. The maximum absolute atomic E-state index is 13.4. The highest BCUT2D eigenvalue weighted by molar-refractivity contribution is 6.09. The van der Waals surface area contributed by atoms with Gasteiger partial charge in [0.05, 0.1) is 18.2 Å². The summed E-state index contributed by atoms with van der Waals surface area (Å²) in [5, 5.41) is 1.62. The number of H-pyrrole nitrogens is 2. The van der Waals surface area contributed by atoms with Crippen LogP contribution in [0.3, 0.4) is 0 Å². The van der Waals surface area contributed by atoms with Crippen LogP contribution in [0.4, 0.5) is 17.6 Å². The van der Waals surface area contributed by atoms with Gasteiger partial charge in [0.2, 0.25) is 0 Å². The number of alkyl halides is 3. The lowest BCUT2D eigenvalue weighted by molar-refractivity contribution is -0.274. The van der Waals surface area contributed by atoms with Gasteiger partial charge in [-0.3, -0.25) is 19.2 Å². The van der Waals surface area contributed by atoms with Gasteiger partial charge in [-0.2, -0.15) is 0 Å². The van der Waals surface area contributed by atoms with Crippen molar-refractivity contribution in [3.63, 3.8) is 0 Å². The number of hydrogen-bond donors (Lipinski definition) is 2. The van der Waals surface area contributed by atoms with Crippen LogP contribution in [0.2, 0.25) is 0 Å². The highest BCUT2D eigenvalue weighted by atomic mass is 19.4. The molecule has 2 heterocycles. The van der Waals surface area contributed by atoms with Crippen LogP contribution in [0.15, 0.2) is 125 Å². The van der Waals surface area contributed by atoms with Gasteiger partial charge in [0, 0.05) is 22.2 Å². The third-order valence-electron chi connectivity index (χ3n) is 7.20. The molecular weight excluding hydrogens is 656 g/mol. The Balaban J connectivity index is 0.000000195. The van der Waals surface area contributed by atoms with E-state index in [4.69, 9.17) is 4.74 Å². The number of methoxy groups -OCH3 is 1. The maximum Gasteiger partial charge on any atom is 0.573 e. The van der Waals surface area contributed by atoms with Crippen molar-refractivity contribution in [2.45, 2.75) is 6.36 Å². The minimum Gasteiger partial charge on any atom is -0.496 e. The molecule has 0 fully saturated rings. The molecule has 0 saturated carbocycles.